The van der Waals surface area contributed by atoms with Crippen LogP contribution >= 0.6 is 11.3 Å². The monoisotopic (exact) mass is 210 g/mol. The lowest BCUT2D eigenvalue weighted by Gasteiger charge is -2.01. The fourth-order valence-corrected chi connectivity index (χ4v) is 2.21. The topological polar surface area (TPSA) is 26.3 Å². The second kappa shape index (κ2) is 3.38. The molecule has 4 heteroatoms. The van der Waals surface area contributed by atoms with Gasteiger partial charge in [0.1, 0.15) is 0 Å². The number of hydrogen-bond acceptors (Lipinski definition) is 3. The highest BCUT2D eigenvalue weighted by Crippen LogP contribution is 2.30. The number of ether oxygens (including phenoxy) is 1. The molecule has 0 aliphatic rings. The molecule has 0 radical (unpaired) electrons. The van der Waals surface area contributed by atoms with Gasteiger partial charge in [0.2, 0.25) is 0 Å². The maximum Gasteiger partial charge on any atom is 0.165 e. The van der Waals surface area contributed by atoms with Gasteiger partial charge in [0.05, 0.1) is 7.11 Å². The molecule has 1 aromatic heterocycles. The van der Waals surface area contributed by atoms with Crippen molar-refractivity contribution in [2.45, 2.75) is 0 Å². The van der Waals surface area contributed by atoms with Crippen molar-refractivity contribution >= 4 is 27.7 Å². The molecule has 0 N–H and O–H groups in total. The third-order valence-electron chi connectivity index (χ3n) is 2.00. The molecule has 1 aromatic carbocycles. The molecule has 0 bridgehead atoms. The van der Waals surface area contributed by atoms with Crippen molar-refractivity contribution in [3.05, 3.63) is 28.9 Å². The Kier molecular flexibility index (Phi) is 2.21. The Morgan fingerprint density at radius 3 is 2.93 bits per heavy atom. The van der Waals surface area contributed by atoms with E-state index in [-0.39, 0.29) is 5.75 Å². The lowest BCUT2D eigenvalue weighted by molar-refractivity contribution is 0.112. The van der Waals surface area contributed by atoms with Gasteiger partial charge in [-0.15, -0.1) is 11.3 Å². The second-order valence-corrected chi connectivity index (χ2v) is 3.70. The summed E-state index contributed by atoms with van der Waals surface area (Å²) in [6, 6.07) is 2.93. The van der Waals surface area contributed by atoms with Crippen LogP contribution in [0.25, 0.3) is 10.1 Å². The van der Waals surface area contributed by atoms with Crippen LogP contribution in [0.4, 0.5) is 4.39 Å². The molecule has 0 atom stereocenters. The van der Waals surface area contributed by atoms with Crippen molar-refractivity contribution in [3.63, 3.8) is 0 Å². The fourth-order valence-electron chi connectivity index (χ4n) is 1.30. The van der Waals surface area contributed by atoms with Crippen molar-refractivity contribution in [2.75, 3.05) is 7.11 Å². The summed E-state index contributed by atoms with van der Waals surface area (Å²) in [7, 11) is 1.42. The summed E-state index contributed by atoms with van der Waals surface area (Å²) in [6.45, 7) is 0. The Morgan fingerprint density at radius 1 is 1.50 bits per heavy atom. The number of fused-ring (bicyclic) bond motifs is 1. The molecule has 2 aromatic rings. The predicted molar refractivity (Wildman–Crippen MR) is 53.7 cm³/mol. The normalized spacial score (nSPS) is 10.4. The predicted octanol–water partition coefficient (Wildman–Crippen LogP) is 2.86. The van der Waals surface area contributed by atoms with Crippen LogP contribution in [-0.4, -0.2) is 13.4 Å². The highest BCUT2D eigenvalue weighted by Gasteiger charge is 2.09. The summed E-state index contributed by atoms with van der Waals surface area (Å²) >= 11 is 1.40. The largest absolute Gasteiger partial charge is 0.494 e. The van der Waals surface area contributed by atoms with E-state index in [1.807, 2.05) is 0 Å². The minimum atomic E-state index is -0.443. The van der Waals surface area contributed by atoms with Crippen molar-refractivity contribution < 1.29 is 13.9 Å². The van der Waals surface area contributed by atoms with Crippen molar-refractivity contribution in [1.29, 1.82) is 0 Å². The van der Waals surface area contributed by atoms with E-state index >= 15 is 0 Å². The van der Waals surface area contributed by atoms with Crippen LogP contribution in [0.2, 0.25) is 0 Å². The Bertz CT molecular complexity index is 490. The molecule has 72 valence electrons. The van der Waals surface area contributed by atoms with E-state index in [4.69, 9.17) is 4.74 Å². The first-order chi connectivity index (χ1) is 6.76. The maximum absolute atomic E-state index is 13.3. The van der Waals surface area contributed by atoms with Gasteiger partial charge in [0.15, 0.2) is 17.9 Å². The number of hydrogen-bond donors (Lipinski definition) is 0. The van der Waals surface area contributed by atoms with Gasteiger partial charge in [-0.2, -0.15) is 0 Å². The van der Waals surface area contributed by atoms with E-state index in [0.717, 1.165) is 11.0 Å². The minimum Gasteiger partial charge on any atom is -0.494 e. The number of carbonyl (C=O) groups is 1. The Hall–Kier alpha value is -1.42. The minimum absolute atomic E-state index is 0.205. The fraction of sp³-hybridized carbons (Fsp3) is 0.100. The average molecular weight is 210 g/mol. The van der Waals surface area contributed by atoms with Crippen LogP contribution in [0, 0.1) is 5.82 Å². The molecule has 2 nitrogen and oxygen atoms in total. The number of aldehydes is 1. The first kappa shape index (κ1) is 9.15. The van der Waals surface area contributed by atoms with Gasteiger partial charge in [-0.1, -0.05) is 0 Å². The Balaban J connectivity index is 2.75. The summed E-state index contributed by atoms with van der Waals surface area (Å²) in [5.74, 6) is -0.238. The Labute approximate surface area is 83.9 Å². The zero-order valence-electron chi connectivity index (χ0n) is 7.41. The zero-order chi connectivity index (χ0) is 10.1. The summed E-state index contributed by atoms with van der Waals surface area (Å²) in [6.07, 6.45) is 0.727. The quantitative estimate of drug-likeness (QED) is 0.712. The third-order valence-corrected chi connectivity index (χ3v) is 2.97. The standard InChI is InChI=1S/C10H7FO2S/c1-13-9-3-10-7(2-8(9)11)6(4-12)5-14-10/h2-5H,1H3. The van der Waals surface area contributed by atoms with E-state index in [1.165, 1.54) is 24.5 Å². The molecule has 0 unspecified atom stereocenters. The number of rotatable bonds is 2. The molecule has 0 saturated carbocycles. The highest BCUT2D eigenvalue weighted by atomic mass is 32.1. The van der Waals surface area contributed by atoms with Crippen LogP contribution in [0.1, 0.15) is 10.4 Å². The van der Waals surface area contributed by atoms with Crippen molar-refractivity contribution in [3.8, 4) is 5.75 Å². The number of methoxy groups -OCH3 is 1. The van der Waals surface area contributed by atoms with E-state index < -0.39 is 5.82 Å². The van der Waals surface area contributed by atoms with Gasteiger partial charge in [-0.3, -0.25) is 4.79 Å². The first-order valence-electron chi connectivity index (χ1n) is 3.96. The van der Waals surface area contributed by atoms with E-state index in [0.29, 0.717) is 10.9 Å². The van der Waals surface area contributed by atoms with E-state index in [1.54, 1.807) is 11.4 Å². The third kappa shape index (κ3) is 1.28. The smallest absolute Gasteiger partial charge is 0.165 e. The van der Waals surface area contributed by atoms with Crippen molar-refractivity contribution in [2.24, 2.45) is 0 Å². The van der Waals surface area contributed by atoms with Crippen LogP contribution in [0.15, 0.2) is 17.5 Å². The van der Waals surface area contributed by atoms with E-state index in [2.05, 4.69) is 0 Å². The molecule has 0 aliphatic heterocycles. The summed E-state index contributed by atoms with van der Waals surface area (Å²) in [5.41, 5.74) is 0.520. The second-order valence-electron chi connectivity index (χ2n) is 2.79. The molecule has 0 amide bonds. The molecule has 0 saturated heterocycles. The van der Waals surface area contributed by atoms with Gasteiger partial charge >= 0.3 is 0 Å². The average Bonchev–Trinajstić information content (AvgIpc) is 2.58. The molecule has 0 spiro atoms. The van der Waals surface area contributed by atoms with Gasteiger partial charge in [-0.05, 0) is 6.07 Å². The van der Waals surface area contributed by atoms with Crippen molar-refractivity contribution in [1.82, 2.24) is 0 Å². The first-order valence-corrected chi connectivity index (χ1v) is 4.84. The van der Waals surface area contributed by atoms with Gasteiger partial charge in [-0.25, -0.2) is 4.39 Å². The van der Waals surface area contributed by atoms with Crippen LogP contribution in [0.3, 0.4) is 0 Å². The molecule has 14 heavy (non-hydrogen) atoms. The summed E-state index contributed by atoms with van der Waals surface area (Å²) in [4.78, 5) is 10.6. The molecule has 2 rings (SSSR count). The highest BCUT2D eigenvalue weighted by molar-refractivity contribution is 7.17. The van der Waals surface area contributed by atoms with Gasteiger partial charge in [0, 0.05) is 27.1 Å². The Morgan fingerprint density at radius 2 is 2.29 bits per heavy atom. The zero-order valence-corrected chi connectivity index (χ0v) is 8.23. The number of thiophene rings is 1. The molecular formula is C10H7FO2S. The lowest BCUT2D eigenvalue weighted by atomic mass is 10.2. The number of benzene rings is 1. The lowest BCUT2D eigenvalue weighted by Crippen LogP contribution is -1.87. The molecule has 1 heterocycles. The van der Waals surface area contributed by atoms with Crippen LogP contribution < -0.4 is 4.74 Å². The van der Waals surface area contributed by atoms with E-state index in [9.17, 15) is 9.18 Å². The summed E-state index contributed by atoms with van der Waals surface area (Å²) in [5, 5.41) is 2.35. The number of halogens is 1. The van der Waals surface area contributed by atoms with Crippen LogP contribution in [-0.2, 0) is 0 Å². The van der Waals surface area contributed by atoms with Gasteiger partial charge < -0.3 is 4.74 Å². The number of carbonyl (C=O) groups excluding carboxylic acids is 1. The maximum atomic E-state index is 13.3. The summed E-state index contributed by atoms with van der Waals surface area (Å²) < 4.78 is 19.0. The van der Waals surface area contributed by atoms with Gasteiger partial charge in [0.25, 0.3) is 0 Å². The molecular weight excluding hydrogens is 203 g/mol. The molecule has 0 fully saturated rings. The molecule has 0 aliphatic carbocycles. The van der Waals surface area contributed by atoms with Crippen LogP contribution in [0.5, 0.6) is 5.75 Å². The SMILES string of the molecule is COc1cc2scc(C=O)c2cc1F.